The second kappa shape index (κ2) is 11.3. The molecule has 1 radical (unpaired) electrons. The molecule has 1 aliphatic heterocycles. The average molecular weight is 399 g/mol. The molecule has 0 spiro atoms. The van der Waals surface area contributed by atoms with Gasteiger partial charge in [0.1, 0.15) is 12.0 Å². The molecule has 0 bridgehead atoms. The van der Waals surface area contributed by atoms with Gasteiger partial charge < -0.3 is 21.5 Å². The van der Waals surface area contributed by atoms with Gasteiger partial charge in [-0.3, -0.25) is 4.57 Å². The van der Waals surface area contributed by atoms with E-state index >= 15 is 0 Å². The molecule has 2 heterocycles. The fourth-order valence-corrected chi connectivity index (χ4v) is 2.42. The van der Waals surface area contributed by atoms with Crippen molar-refractivity contribution in [2.45, 2.75) is 72.3 Å². The third kappa shape index (κ3) is 6.25. The van der Waals surface area contributed by atoms with E-state index in [1.807, 2.05) is 13.8 Å². The molecule has 23 heavy (non-hydrogen) atoms. The Labute approximate surface area is 163 Å². The largest absolute Gasteiger partial charge is 0.391 e. The number of anilines is 1. The van der Waals surface area contributed by atoms with Crippen LogP contribution in [0.5, 0.6) is 0 Å². The number of nitrogens with zero attached hydrogens (tertiary/aromatic N) is 2. The topological polar surface area (TPSA) is 90.4 Å². The van der Waals surface area contributed by atoms with Crippen molar-refractivity contribution in [2.24, 2.45) is 0 Å². The van der Waals surface area contributed by atoms with Crippen LogP contribution in [0, 0.1) is 5.92 Å². The fraction of sp³-hybridized carbons (Fsp3) is 0.688. The molecule has 3 N–H and O–H groups in total. The van der Waals surface area contributed by atoms with E-state index in [-0.39, 0.29) is 57.5 Å². The number of aliphatic hydroxyl groups excluding tert-OH is 1. The molecule has 2 rings (SSSR count). The van der Waals surface area contributed by atoms with Crippen molar-refractivity contribution in [2.75, 3.05) is 5.73 Å². The van der Waals surface area contributed by atoms with Crippen LogP contribution in [-0.2, 0) is 44.1 Å². The molecule has 0 amide bonds. The Morgan fingerprint density at radius 1 is 1.48 bits per heavy atom. The summed E-state index contributed by atoms with van der Waals surface area (Å²) in [6.07, 6.45) is 5.07. The number of nitrogen functional groups attached to an aromatic ring is 1. The smallest absolute Gasteiger partial charge is 0.351 e. The molecule has 1 aromatic heterocycles. The van der Waals surface area contributed by atoms with Crippen LogP contribution >= 0.6 is 0 Å². The Balaban J connectivity index is 0.00000155. The Morgan fingerprint density at radius 3 is 2.70 bits per heavy atom. The van der Waals surface area contributed by atoms with Crippen molar-refractivity contribution < 1.29 is 42.6 Å². The van der Waals surface area contributed by atoms with Gasteiger partial charge in [-0.1, -0.05) is 20.8 Å². The first kappa shape index (κ1) is 22.7. The maximum absolute atomic E-state index is 11.9. The molecular weight excluding hydrogens is 371 g/mol. The molecule has 0 aliphatic carbocycles. The number of aromatic nitrogens is 2. The molecular formula is C16H28N3O3Y-. The van der Waals surface area contributed by atoms with Gasteiger partial charge in [-0.05, 0) is 12.8 Å². The summed E-state index contributed by atoms with van der Waals surface area (Å²) in [6.45, 7) is 8.01. The van der Waals surface area contributed by atoms with Crippen LogP contribution in [0.25, 0.3) is 0 Å². The number of hydrogen-bond donors (Lipinski definition) is 2. The number of nitrogens with two attached hydrogens (primary N) is 1. The first-order chi connectivity index (χ1) is 10.5. The van der Waals surface area contributed by atoms with E-state index in [0.29, 0.717) is 5.56 Å². The summed E-state index contributed by atoms with van der Waals surface area (Å²) in [5.74, 6) is 1.48. The molecule has 1 saturated heterocycles. The third-order valence-corrected chi connectivity index (χ3v) is 3.81. The van der Waals surface area contributed by atoms with Gasteiger partial charge in [-0.25, -0.2) is 4.79 Å². The summed E-state index contributed by atoms with van der Waals surface area (Å²) in [5, 5.41) is 9.20. The van der Waals surface area contributed by atoms with E-state index in [1.54, 1.807) is 6.20 Å². The van der Waals surface area contributed by atoms with E-state index < -0.39 is 5.69 Å². The Kier molecular flexibility index (Phi) is 11.1. The molecule has 0 aromatic carbocycles. The maximum atomic E-state index is 11.9. The van der Waals surface area contributed by atoms with Gasteiger partial charge in [0.15, 0.2) is 0 Å². The Morgan fingerprint density at radius 2 is 2.13 bits per heavy atom. The number of hydrogen-bond acceptors (Lipinski definition) is 5. The Bertz CT molecular complexity index is 522. The van der Waals surface area contributed by atoms with E-state index in [9.17, 15) is 9.90 Å². The molecule has 1 fully saturated rings. The van der Waals surface area contributed by atoms with E-state index in [2.05, 4.69) is 18.8 Å². The molecule has 7 heteroatoms. The predicted molar refractivity (Wildman–Crippen MR) is 87.1 cm³/mol. The molecule has 6 nitrogen and oxygen atoms in total. The van der Waals surface area contributed by atoms with Gasteiger partial charge in [0, 0.05) is 50.6 Å². The van der Waals surface area contributed by atoms with Gasteiger partial charge in [0.2, 0.25) is 0 Å². The van der Waals surface area contributed by atoms with Crippen LogP contribution in [0.4, 0.5) is 5.82 Å². The standard InChI is InChI=1S/C14H22N3O3.C2H6.Y/c1-3-9(2)6-11-4-5-12(20-11)17-7-10(8-18)13(15)16-14(17)19;1-2;/h7,11-12,18H,3-6,8H2,1-2H3,(H2,15,16,19);1-2H3;/q-1;;/t11?,12-;;/m1../s1. The van der Waals surface area contributed by atoms with E-state index in [1.165, 1.54) is 10.5 Å². The average Bonchev–Trinajstić information content (AvgIpc) is 2.97. The molecule has 0 saturated carbocycles. The zero-order valence-corrected chi connectivity index (χ0v) is 17.4. The summed E-state index contributed by atoms with van der Waals surface area (Å²) in [6, 6.07) is 0. The van der Waals surface area contributed by atoms with Crippen molar-refractivity contribution in [3.05, 3.63) is 28.2 Å². The first-order valence-electron chi connectivity index (χ1n) is 8.00. The number of aliphatic hydroxyl groups is 1. The maximum Gasteiger partial charge on any atom is 0.351 e. The summed E-state index contributed by atoms with van der Waals surface area (Å²) in [7, 11) is 0. The molecule has 129 valence electrons. The van der Waals surface area contributed by atoms with Gasteiger partial charge in [-0.15, -0.1) is 0 Å². The van der Waals surface area contributed by atoms with Crippen LogP contribution in [-0.4, -0.2) is 20.8 Å². The van der Waals surface area contributed by atoms with Gasteiger partial charge in [0.25, 0.3) is 0 Å². The van der Waals surface area contributed by atoms with E-state index in [0.717, 1.165) is 25.7 Å². The van der Waals surface area contributed by atoms with Crippen LogP contribution in [0.1, 0.15) is 65.2 Å². The minimum Gasteiger partial charge on any atom is -0.391 e. The predicted octanol–water partition coefficient (Wildman–Crippen LogP) is 2.41. The second-order valence-corrected chi connectivity index (χ2v) is 5.30. The van der Waals surface area contributed by atoms with Gasteiger partial charge >= 0.3 is 5.69 Å². The fourth-order valence-electron chi connectivity index (χ4n) is 2.42. The quantitative estimate of drug-likeness (QED) is 0.743. The Hall–Kier alpha value is -0.296. The van der Waals surface area contributed by atoms with Crippen LogP contribution in [0.2, 0.25) is 0 Å². The van der Waals surface area contributed by atoms with Crippen molar-refractivity contribution in [1.82, 2.24) is 9.55 Å². The SMILES string of the molecule is CC.CC[C-](C)CC1CC[C@H](n2cc(CO)c(N)nc2=O)O1.[Y]. The van der Waals surface area contributed by atoms with Crippen LogP contribution in [0.15, 0.2) is 11.0 Å². The summed E-state index contributed by atoms with van der Waals surface area (Å²) in [4.78, 5) is 15.6. The minimum absolute atomic E-state index is 0. The molecule has 1 aromatic rings. The van der Waals surface area contributed by atoms with Crippen LogP contribution < -0.4 is 11.4 Å². The third-order valence-electron chi connectivity index (χ3n) is 3.81. The summed E-state index contributed by atoms with van der Waals surface area (Å²) in [5.41, 5.74) is 5.60. The monoisotopic (exact) mass is 399 g/mol. The van der Waals surface area contributed by atoms with Crippen molar-refractivity contribution in [1.29, 1.82) is 0 Å². The summed E-state index contributed by atoms with van der Waals surface area (Å²) >= 11 is 0. The first-order valence-corrected chi connectivity index (χ1v) is 8.00. The van der Waals surface area contributed by atoms with Gasteiger partial charge in [0.05, 0.1) is 6.61 Å². The molecule has 2 atom stereocenters. The number of ether oxygens (including phenoxy) is 1. The van der Waals surface area contributed by atoms with Crippen molar-refractivity contribution >= 4 is 5.82 Å². The zero-order chi connectivity index (χ0) is 16.7. The second-order valence-electron chi connectivity index (χ2n) is 5.30. The van der Waals surface area contributed by atoms with Crippen LogP contribution in [0.3, 0.4) is 0 Å². The van der Waals surface area contributed by atoms with Crippen molar-refractivity contribution in [3.63, 3.8) is 0 Å². The van der Waals surface area contributed by atoms with Crippen molar-refractivity contribution in [3.8, 4) is 0 Å². The zero-order valence-electron chi connectivity index (χ0n) is 14.6. The van der Waals surface area contributed by atoms with Gasteiger partial charge in [-0.2, -0.15) is 24.7 Å². The van der Waals surface area contributed by atoms with E-state index in [4.69, 9.17) is 10.5 Å². The minimum atomic E-state index is -0.429. The normalized spacial score (nSPS) is 19.9. The number of rotatable bonds is 5. The molecule has 1 unspecified atom stereocenters. The summed E-state index contributed by atoms with van der Waals surface area (Å²) < 4.78 is 7.35. The molecule has 1 aliphatic rings.